The summed E-state index contributed by atoms with van der Waals surface area (Å²) < 4.78 is 6.82. The Labute approximate surface area is 125 Å². The topological polar surface area (TPSA) is 78.6 Å². The summed E-state index contributed by atoms with van der Waals surface area (Å²) >= 11 is 5.95. The summed E-state index contributed by atoms with van der Waals surface area (Å²) in [6, 6.07) is 7.43. The largest absolute Gasteiger partial charge is 0.494 e. The first-order valence-electron chi connectivity index (χ1n) is 6.26. The predicted molar refractivity (Wildman–Crippen MR) is 76.4 cm³/mol. The normalized spacial score (nSPS) is 10.6. The first-order valence-corrected chi connectivity index (χ1v) is 6.64. The van der Waals surface area contributed by atoms with Crippen LogP contribution in [-0.2, 0) is 0 Å². The Bertz CT molecular complexity index is 729. The van der Waals surface area contributed by atoms with E-state index in [4.69, 9.17) is 16.3 Å². The maximum Gasteiger partial charge on any atom is 0.256 e. The minimum absolute atomic E-state index is 0.0967. The van der Waals surface area contributed by atoms with Gasteiger partial charge in [-0.1, -0.05) is 0 Å². The molecule has 106 valence electrons. The first-order chi connectivity index (χ1) is 10.3. The van der Waals surface area contributed by atoms with Crippen molar-refractivity contribution in [3.63, 3.8) is 0 Å². The van der Waals surface area contributed by atoms with E-state index in [0.29, 0.717) is 18.4 Å². The second kappa shape index (κ2) is 5.84. The predicted octanol–water partition coefficient (Wildman–Crippen LogP) is 2.17. The van der Waals surface area contributed by atoms with Gasteiger partial charge in [0.05, 0.1) is 6.61 Å². The van der Waals surface area contributed by atoms with Crippen LogP contribution in [0.3, 0.4) is 0 Å². The van der Waals surface area contributed by atoms with Crippen molar-refractivity contribution in [2.75, 3.05) is 6.61 Å². The zero-order chi connectivity index (χ0) is 14.7. The molecule has 0 N–H and O–H groups in total. The van der Waals surface area contributed by atoms with Crippen molar-refractivity contribution in [2.45, 2.75) is 6.92 Å². The highest BCUT2D eigenvalue weighted by molar-refractivity contribution is 6.28. The van der Waals surface area contributed by atoms with E-state index < -0.39 is 0 Å². The van der Waals surface area contributed by atoms with Gasteiger partial charge in [-0.05, 0) is 42.8 Å². The maximum atomic E-state index is 5.95. The minimum Gasteiger partial charge on any atom is -0.494 e. The highest BCUT2D eigenvalue weighted by Gasteiger charge is 2.09. The van der Waals surface area contributed by atoms with Crippen LogP contribution in [-0.4, -0.2) is 36.3 Å². The lowest BCUT2D eigenvalue weighted by atomic mass is 10.2. The van der Waals surface area contributed by atoms with Crippen molar-refractivity contribution in [3.05, 3.63) is 42.2 Å². The molecule has 0 atom stereocenters. The Hall–Kier alpha value is -2.54. The summed E-state index contributed by atoms with van der Waals surface area (Å²) in [5.41, 5.74) is 0.809. The molecule has 0 aliphatic rings. The fraction of sp³-hybridized carbons (Fsp3) is 0.154. The number of ether oxygens (including phenoxy) is 1. The van der Waals surface area contributed by atoms with Crippen molar-refractivity contribution >= 4 is 11.6 Å². The van der Waals surface area contributed by atoms with Crippen LogP contribution in [0.4, 0.5) is 0 Å². The lowest BCUT2D eigenvalue weighted by molar-refractivity contribution is 0.340. The molecule has 0 fully saturated rings. The number of hydrogen-bond donors (Lipinski definition) is 0. The summed E-state index contributed by atoms with van der Waals surface area (Å²) in [6.45, 7) is 2.55. The molecule has 0 saturated carbocycles. The van der Waals surface area contributed by atoms with Crippen molar-refractivity contribution in [1.82, 2.24) is 29.7 Å². The van der Waals surface area contributed by atoms with Gasteiger partial charge in [0.25, 0.3) is 5.95 Å². The average molecular weight is 303 g/mol. The summed E-state index contributed by atoms with van der Waals surface area (Å²) in [7, 11) is 0. The molecule has 2 aromatic heterocycles. The number of aromatic nitrogens is 6. The number of halogens is 1. The summed E-state index contributed by atoms with van der Waals surface area (Å²) in [5.74, 6) is 1.57. The SMILES string of the molecule is CCOc1ccc(-c2nc(Cl)nc(-n3cncn3)n2)cc1. The third kappa shape index (κ3) is 2.97. The highest BCUT2D eigenvalue weighted by Crippen LogP contribution is 2.20. The number of hydrogen-bond acceptors (Lipinski definition) is 6. The van der Waals surface area contributed by atoms with Gasteiger partial charge in [0.2, 0.25) is 5.28 Å². The molecule has 0 saturated heterocycles. The second-order valence-electron chi connectivity index (χ2n) is 4.03. The maximum absolute atomic E-state index is 5.95. The van der Waals surface area contributed by atoms with Crippen LogP contribution in [0, 0.1) is 0 Å². The third-order valence-electron chi connectivity index (χ3n) is 2.64. The monoisotopic (exact) mass is 302 g/mol. The smallest absolute Gasteiger partial charge is 0.256 e. The Balaban J connectivity index is 1.98. The van der Waals surface area contributed by atoms with Crippen molar-refractivity contribution in [3.8, 4) is 23.1 Å². The van der Waals surface area contributed by atoms with Gasteiger partial charge >= 0.3 is 0 Å². The second-order valence-corrected chi connectivity index (χ2v) is 4.36. The molecule has 3 aromatic rings. The lowest BCUT2D eigenvalue weighted by Crippen LogP contribution is -2.05. The Morgan fingerprint density at radius 2 is 1.95 bits per heavy atom. The standard InChI is InChI=1S/C13H11ClN6O/c1-2-21-10-5-3-9(4-6-10)11-17-12(14)19-13(18-11)20-8-15-7-16-20/h3-8H,2H2,1H3. The number of benzene rings is 1. The number of rotatable bonds is 4. The van der Waals surface area contributed by atoms with E-state index in [1.165, 1.54) is 17.3 Å². The van der Waals surface area contributed by atoms with Crippen LogP contribution in [0.15, 0.2) is 36.9 Å². The zero-order valence-corrected chi connectivity index (χ0v) is 11.9. The molecule has 21 heavy (non-hydrogen) atoms. The van der Waals surface area contributed by atoms with Gasteiger partial charge in [0.15, 0.2) is 5.82 Å². The van der Waals surface area contributed by atoms with E-state index in [1.807, 2.05) is 31.2 Å². The van der Waals surface area contributed by atoms with E-state index >= 15 is 0 Å². The van der Waals surface area contributed by atoms with Crippen LogP contribution in [0.1, 0.15) is 6.92 Å². The first kappa shape index (κ1) is 13.4. The van der Waals surface area contributed by atoms with E-state index in [1.54, 1.807) is 0 Å². The van der Waals surface area contributed by atoms with Crippen LogP contribution >= 0.6 is 11.6 Å². The van der Waals surface area contributed by atoms with Crippen molar-refractivity contribution in [1.29, 1.82) is 0 Å². The molecule has 0 bridgehead atoms. The molecule has 3 rings (SSSR count). The van der Waals surface area contributed by atoms with Crippen molar-refractivity contribution < 1.29 is 4.74 Å². The molecule has 0 aliphatic heterocycles. The molecule has 2 heterocycles. The fourth-order valence-corrected chi connectivity index (χ4v) is 1.91. The van der Waals surface area contributed by atoms with Gasteiger partial charge < -0.3 is 4.74 Å². The molecule has 1 aromatic carbocycles. The van der Waals surface area contributed by atoms with Crippen molar-refractivity contribution in [2.24, 2.45) is 0 Å². The molecule has 0 aliphatic carbocycles. The van der Waals surface area contributed by atoms with Gasteiger partial charge in [0.1, 0.15) is 18.4 Å². The van der Waals surface area contributed by atoms with E-state index in [2.05, 4.69) is 25.0 Å². The van der Waals surface area contributed by atoms with Crippen LogP contribution in [0.25, 0.3) is 17.3 Å². The van der Waals surface area contributed by atoms with Gasteiger partial charge in [0, 0.05) is 5.56 Å². The Morgan fingerprint density at radius 1 is 1.14 bits per heavy atom. The van der Waals surface area contributed by atoms with E-state index in [-0.39, 0.29) is 5.28 Å². The Kier molecular flexibility index (Phi) is 3.74. The van der Waals surface area contributed by atoms with Gasteiger partial charge in [-0.25, -0.2) is 4.98 Å². The number of nitrogens with zero attached hydrogens (tertiary/aromatic N) is 6. The molecule has 8 heteroatoms. The molecule has 0 spiro atoms. The molecule has 0 radical (unpaired) electrons. The minimum atomic E-state index is 0.0967. The summed E-state index contributed by atoms with van der Waals surface area (Å²) in [4.78, 5) is 16.3. The van der Waals surface area contributed by atoms with Gasteiger partial charge in [-0.15, -0.1) is 0 Å². The van der Waals surface area contributed by atoms with Crippen LogP contribution in [0.2, 0.25) is 5.28 Å². The van der Waals surface area contributed by atoms with Gasteiger partial charge in [-0.3, -0.25) is 0 Å². The molecule has 7 nitrogen and oxygen atoms in total. The zero-order valence-electron chi connectivity index (χ0n) is 11.1. The van der Waals surface area contributed by atoms with E-state index in [0.717, 1.165) is 11.3 Å². The molecule has 0 amide bonds. The molecular weight excluding hydrogens is 292 g/mol. The highest BCUT2D eigenvalue weighted by atomic mass is 35.5. The summed E-state index contributed by atoms with van der Waals surface area (Å²) in [5, 5.41) is 4.07. The van der Waals surface area contributed by atoms with Gasteiger partial charge in [-0.2, -0.15) is 24.7 Å². The quantitative estimate of drug-likeness (QED) is 0.735. The molecular formula is C13H11ClN6O. The summed E-state index contributed by atoms with van der Waals surface area (Å²) in [6.07, 6.45) is 2.89. The third-order valence-corrected chi connectivity index (χ3v) is 2.81. The lowest BCUT2D eigenvalue weighted by Gasteiger charge is -2.06. The van der Waals surface area contributed by atoms with E-state index in [9.17, 15) is 0 Å². The van der Waals surface area contributed by atoms with Crippen LogP contribution < -0.4 is 4.74 Å². The molecule has 0 unspecified atom stereocenters. The average Bonchev–Trinajstić information content (AvgIpc) is 3.02. The Morgan fingerprint density at radius 3 is 2.62 bits per heavy atom. The van der Waals surface area contributed by atoms with Crippen LogP contribution in [0.5, 0.6) is 5.75 Å². The fourth-order valence-electron chi connectivity index (χ4n) is 1.75.